The van der Waals surface area contributed by atoms with Crippen molar-refractivity contribution in [1.29, 1.82) is 0 Å². The Balaban J connectivity index is 1.92. The Morgan fingerprint density at radius 1 is 1.30 bits per heavy atom. The minimum absolute atomic E-state index is 0.0337. The first kappa shape index (κ1) is 15.9. The lowest BCUT2D eigenvalue weighted by Crippen LogP contribution is -2.38. The van der Waals surface area contributed by atoms with Gasteiger partial charge in [-0.15, -0.1) is 0 Å². The molecule has 0 radical (unpaired) electrons. The number of hydrogen-bond donors (Lipinski definition) is 0. The number of imidazole rings is 1. The lowest BCUT2D eigenvalue weighted by Gasteiger charge is -2.26. The van der Waals surface area contributed by atoms with Crippen molar-refractivity contribution in [2.75, 3.05) is 6.54 Å². The molecule has 1 aliphatic heterocycles. The lowest BCUT2D eigenvalue weighted by molar-refractivity contribution is 0.381. The molecule has 0 saturated carbocycles. The van der Waals surface area contributed by atoms with Gasteiger partial charge in [0.25, 0.3) is 15.6 Å². The van der Waals surface area contributed by atoms with Crippen LogP contribution in [0.3, 0.4) is 0 Å². The monoisotopic (exact) mass is 337 g/mol. The second-order valence-electron chi connectivity index (χ2n) is 5.92. The van der Waals surface area contributed by atoms with E-state index in [4.69, 9.17) is 0 Å². The van der Waals surface area contributed by atoms with Crippen LogP contribution < -0.4 is 5.56 Å². The molecule has 2 aromatic heterocycles. The first-order chi connectivity index (χ1) is 10.8. The summed E-state index contributed by atoms with van der Waals surface area (Å²) in [6.45, 7) is 4.39. The maximum absolute atomic E-state index is 12.7. The molecule has 3 rings (SSSR count). The summed E-state index contributed by atoms with van der Waals surface area (Å²) in [6.07, 6.45) is 3.54. The van der Waals surface area contributed by atoms with E-state index in [1.54, 1.807) is 11.6 Å². The van der Waals surface area contributed by atoms with Crippen molar-refractivity contribution in [2.45, 2.75) is 37.9 Å². The standard InChI is InChI=1S/C14H19N5O3S/c1-10(2)18-8-13(15-9-18)23(21,22)19-5-4-12-11(7-19)6-14(20)17(3)16-12/h6,8-10H,4-5,7H2,1-3H3. The minimum atomic E-state index is -3.68. The maximum atomic E-state index is 12.7. The summed E-state index contributed by atoms with van der Waals surface area (Å²) in [5, 5.41) is 4.23. The van der Waals surface area contributed by atoms with E-state index in [-0.39, 0.29) is 23.2 Å². The van der Waals surface area contributed by atoms with Crippen LogP contribution in [0.15, 0.2) is 28.4 Å². The fourth-order valence-corrected chi connectivity index (χ4v) is 3.88. The van der Waals surface area contributed by atoms with E-state index >= 15 is 0 Å². The number of fused-ring (bicyclic) bond motifs is 1. The van der Waals surface area contributed by atoms with Crippen LogP contribution in [0.4, 0.5) is 0 Å². The Hall–Kier alpha value is -2.00. The van der Waals surface area contributed by atoms with Gasteiger partial charge in [-0.25, -0.2) is 18.1 Å². The topological polar surface area (TPSA) is 90.1 Å². The third kappa shape index (κ3) is 2.81. The van der Waals surface area contributed by atoms with E-state index in [1.165, 1.54) is 27.6 Å². The average molecular weight is 337 g/mol. The van der Waals surface area contributed by atoms with E-state index in [1.807, 2.05) is 13.8 Å². The van der Waals surface area contributed by atoms with E-state index in [9.17, 15) is 13.2 Å². The van der Waals surface area contributed by atoms with Gasteiger partial charge in [-0.05, 0) is 19.4 Å². The zero-order valence-corrected chi connectivity index (χ0v) is 14.1. The highest BCUT2D eigenvalue weighted by molar-refractivity contribution is 7.89. The molecule has 0 bridgehead atoms. The highest BCUT2D eigenvalue weighted by Gasteiger charge is 2.31. The van der Waals surface area contributed by atoms with Crippen molar-refractivity contribution in [3.63, 3.8) is 0 Å². The summed E-state index contributed by atoms with van der Waals surface area (Å²) >= 11 is 0. The van der Waals surface area contributed by atoms with Gasteiger partial charge < -0.3 is 4.57 Å². The Morgan fingerprint density at radius 2 is 2.04 bits per heavy atom. The van der Waals surface area contributed by atoms with Gasteiger partial charge in [0.15, 0.2) is 5.03 Å². The summed E-state index contributed by atoms with van der Waals surface area (Å²) < 4.78 is 29.8. The molecule has 1 aliphatic rings. The zero-order valence-electron chi connectivity index (χ0n) is 13.3. The molecule has 0 saturated heterocycles. The quantitative estimate of drug-likeness (QED) is 0.804. The number of nitrogens with zero attached hydrogens (tertiary/aromatic N) is 5. The fraction of sp³-hybridized carbons (Fsp3) is 0.500. The SMILES string of the molecule is CC(C)n1cnc(S(=O)(=O)N2CCc3nn(C)c(=O)cc3C2)c1. The summed E-state index contributed by atoms with van der Waals surface area (Å²) in [7, 11) is -2.09. The Bertz CT molecular complexity index is 897. The van der Waals surface area contributed by atoms with Crippen LogP contribution in [-0.2, 0) is 30.0 Å². The molecule has 3 heterocycles. The van der Waals surface area contributed by atoms with Crippen LogP contribution in [0.25, 0.3) is 0 Å². The van der Waals surface area contributed by atoms with Crippen molar-refractivity contribution in [3.05, 3.63) is 40.2 Å². The number of aryl methyl sites for hydroxylation is 1. The van der Waals surface area contributed by atoms with Gasteiger partial charge >= 0.3 is 0 Å². The van der Waals surface area contributed by atoms with Crippen LogP contribution >= 0.6 is 0 Å². The predicted octanol–water partition coefficient (Wildman–Crippen LogP) is 0.305. The third-order valence-corrected chi connectivity index (χ3v) is 5.71. The molecule has 0 fully saturated rings. The normalized spacial score (nSPS) is 15.8. The second kappa shape index (κ2) is 5.57. The van der Waals surface area contributed by atoms with Gasteiger partial charge in [0, 0.05) is 44.9 Å². The van der Waals surface area contributed by atoms with Crippen LogP contribution in [0, 0.1) is 0 Å². The summed E-state index contributed by atoms with van der Waals surface area (Å²) in [5.74, 6) is 0. The highest BCUT2D eigenvalue weighted by atomic mass is 32.2. The molecule has 8 nitrogen and oxygen atoms in total. The van der Waals surface area contributed by atoms with Crippen molar-refractivity contribution in [1.82, 2.24) is 23.6 Å². The van der Waals surface area contributed by atoms with Crippen LogP contribution in [-0.4, -0.2) is 38.6 Å². The summed E-state index contributed by atoms with van der Waals surface area (Å²) in [6, 6.07) is 1.59. The minimum Gasteiger partial charge on any atom is -0.334 e. The number of hydrogen-bond acceptors (Lipinski definition) is 5. The number of aromatic nitrogens is 4. The molecule has 124 valence electrons. The first-order valence-electron chi connectivity index (χ1n) is 7.39. The lowest BCUT2D eigenvalue weighted by atomic mass is 10.1. The van der Waals surface area contributed by atoms with E-state index < -0.39 is 10.0 Å². The molecule has 0 unspecified atom stereocenters. The molecule has 0 aliphatic carbocycles. The van der Waals surface area contributed by atoms with Crippen molar-refractivity contribution >= 4 is 10.0 Å². The van der Waals surface area contributed by atoms with Gasteiger partial charge in [0.2, 0.25) is 0 Å². The smallest absolute Gasteiger partial charge is 0.266 e. The molecule has 0 atom stereocenters. The van der Waals surface area contributed by atoms with Gasteiger partial charge in [-0.2, -0.15) is 9.40 Å². The van der Waals surface area contributed by atoms with Crippen molar-refractivity contribution in [2.24, 2.45) is 7.05 Å². The Morgan fingerprint density at radius 3 is 2.70 bits per heavy atom. The molecule has 23 heavy (non-hydrogen) atoms. The molecule has 0 spiro atoms. The molecular weight excluding hydrogens is 318 g/mol. The molecular formula is C14H19N5O3S. The zero-order chi connectivity index (χ0) is 16.8. The molecule has 9 heteroatoms. The van der Waals surface area contributed by atoms with Gasteiger partial charge in [0.05, 0.1) is 12.0 Å². The van der Waals surface area contributed by atoms with Gasteiger partial charge in [-0.3, -0.25) is 4.79 Å². The van der Waals surface area contributed by atoms with Crippen LogP contribution in [0.5, 0.6) is 0 Å². The fourth-order valence-electron chi connectivity index (χ4n) is 2.54. The van der Waals surface area contributed by atoms with E-state index in [0.29, 0.717) is 18.5 Å². The molecule has 0 amide bonds. The van der Waals surface area contributed by atoms with Crippen molar-refractivity contribution < 1.29 is 8.42 Å². The largest absolute Gasteiger partial charge is 0.334 e. The molecule has 2 aromatic rings. The maximum Gasteiger partial charge on any atom is 0.266 e. The average Bonchev–Trinajstić information content (AvgIpc) is 2.98. The summed E-state index contributed by atoms with van der Waals surface area (Å²) in [4.78, 5) is 15.7. The van der Waals surface area contributed by atoms with Crippen LogP contribution in [0.1, 0.15) is 31.1 Å². The Kier molecular flexibility index (Phi) is 3.85. The summed E-state index contributed by atoms with van der Waals surface area (Å²) in [5.41, 5.74) is 1.18. The number of sulfonamides is 1. The van der Waals surface area contributed by atoms with Gasteiger partial charge in [-0.1, -0.05) is 0 Å². The van der Waals surface area contributed by atoms with Gasteiger partial charge in [0.1, 0.15) is 0 Å². The second-order valence-corrected chi connectivity index (χ2v) is 7.80. The van der Waals surface area contributed by atoms with E-state index in [0.717, 1.165) is 5.69 Å². The molecule has 0 N–H and O–H groups in total. The predicted molar refractivity (Wildman–Crippen MR) is 83.4 cm³/mol. The van der Waals surface area contributed by atoms with Crippen LogP contribution in [0.2, 0.25) is 0 Å². The number of rotatable bonds is 3. The molecule has 0 aromatic carbocycles. The van der Waals surface area contributed by atoms with E-state index in [2.05, 4.69) is 10.1 Å². The third-order valence-electron chi connectivity index (χ3n) is 3.98. The Labute approximate surface area is 134 Å². The van der Waals surface area contributed by atoms with Crippen molar-refractivity contribution in [3.8, 4) is 0 Å². The first-order valence-corrected chi connectivity index (χ1v) is 8.83. The highest BCUT2D eigenvalue weighted by Crippen LogP contribution is 2.22.